The predicted octanol–water partition coefficient (Wildman–Crippen LogP) is 0.938. The van der Waals surface area contributed by atoms with Crippen LogP contribution in [0.15, 0.2) is 0 Å². The van der Waals surface area contributed by atoms with Gasteiger partial charge >= 0.3 is 5.97 Å². The van der Waals surface area contributed by atoms with Gasteiger partial charge in [0.05, 0.1) is 6.04 Å². The van der Waals surface area contributed by atoms with E-state index in [9.17, 15) is 9.59 Å². The maximum atomic E-state index is 10.7. The van der Waals surface area contributed by atoms with Gasteiger partial charge in [0.1, 0.15) is 5.78 Å². The fraction of sp³-hybridized carbons (Fsp3) is 0.778. The van der Waals surface area contributed by atoms with Gasteiger partial charge in [-0.1, -0.05) is 12.8 Å². The number of aliphatic carboxylic acids is 1. The van der Waals surface area contributed by atoms with E-state index in [1.807, 2.05) is 0 Å². The Hall–Kier alpha value is -0.900. The average Bonchev–Trinajstić information content (AvgIpc) is 2.02. The third-order valence-electron chi connectivity index (χ3n) is 1.93. The number of carboxylic acid groups (broad SMARTS) is 1. The molecule has 0 aromatic rings. The summed E-state index contributed by atoms with van der Waals surface area (Å²) in [4.78, 5) is 20.8. The highest BCUT2D eigenvalue weighted by atomic mass is 16.4. The van der Waals surface area contributed by atoms with E-state index in [0.717, 1.165) is 12.8 Å². The largest absolute Gasteiger partial charge is 0.481 e. The Morgan fingerprint density at radius 3 is 2.38 bits per heavy atom. The molecule has 0 rings (SSSR count). The molecule has 0 aliphatic carbocycles. The lowest BCUT2D eigenvalue weighted by atomic mass is 10.1. The van der Waals surface area contributed by atoms with Crippen LogP contribution in [0.5, 0.6) is 0 Å². The highest BCUT2D eigenvalue weighted by Crippen LogP contribution is 2.05. The molecule has 1 unspecified atom stereocenters. The molecule has 4 nitrogen and oxygen atoms in total. The van der Waals surface area contributed by atoms with Gasteiger partial charge in [-0.05, 0) is 19.8 Å². The molecule has 76 valence electrons. The Balaban J connectivity index is 3.26. The van der Waals surface area contributed by atoms with Crippen molar-refractivity contribution >= 4 is 11.8 Å². The van der Waals surface area contributed by atoms with Crippen LogP contribution in [-0.4, -0.2) is 22.9 Å². The van der Waals surface area contributed by atoms with Gasteiger partial charge in [0.25, 0.3) is 0 Å². The highest BCUT2D eigenvalue weighted by molar-refractivity contribution is 5.81. The van der Waals surface area contributed by atoms with Gasteiger partial charge in [0.2, 0.25) is 0 Å². The number of carboxylic acids is 1. The molecule has 0 fully saturated rings. The number of Topliss-reactive ketones (excluding diaryl/α,β-unsaturated/α-hetero) is 1. The maximum absolute atomic E-state index is 10.7. The van der Waals surface area contributed by atoms with E-state index in [1.54, 1.807) is 0 Å². The molecule has 13 heavy (non-hydrogen) atoms. The fourth-order valence-corrected chi connectivity index (χ4v) is 1.02. The van der Waals surface area contributed by atoms with Crippen molar-refractivity contribution in [3.05, 3.63) is 0 Å². The van der Waals surface area contributed by atoms with E-state index in [1.165, 1.54) is 6.92 Å². The molecule has 0 bridgehead atoms. The molecule has 3 N–H and O–H groups in total. The Morgan fingerprint density at radius 2 is 1.92 bits per heavy atom. The third-order valence-corrected chi connectivity index (χ3v) is 1.93. The van der Waals surface area contributed by atoms with Crippen molar-refractivity contribution in [1.29, 1.82) is 0 Å². The van der Waals surface area contributed by atoms with E-state index < -0.39 is 5.97 Å². The second kappa shape index (κ2) is 6.60. The van der Waals surface area contributed by atoms with Crippen molar-refractivity contribution in [3.8, 4) is 0 Å². The molecule has 0 saturated heterocycles. The first-order chi connectivity index (χ1) is 6.04. The standard InChI is InChI=1S/C9H17NO3/c1-7(11)8(10)5-3-2-4-6-9(12)13/h8H,2-6,10H2,1H3,(H,12,13). The summed E-state index contributed by atoms with van der Waals surface area (Å²) in [6.45, 7) is 1.47. The van der Waals surface area contributed by atoms with Crippen molar-refractivity contribution in [2.24, 2.45) is 5.73 Å². The number of ketones is 1. The van der Waals surface area contributed by atoms with Gasteiger partial charge in [-0.3, -0.25) is 9.59 Å². The van der Waals surface area contributed by atoms with Crippen LogP contribution in [0.3, 0.4) is 0 Å². The lowest BCUT2D eigenvalue weighted by Crippen LogP contribution is -2.27. The number of nitrogens with two attached hydrogens (primary N) is 1. The minimum absolute atomic E-state index is 0.00163. The summed E-state index contributed by atoms with van der Waals surface area (Å²) < 4.78 is 0. The Morgan fingerprint density at radius 1 is 1.31 bits per heavy atom. The molecule has 0 aliphatic rings. The van der Waals surface area contributed by atoms with Crippen LogP contribution in [0.25, 0.3) is 0 Å². The first-order valence-corrected chi connectivity index (χ1v) is 4.52. The number of hydrogen-bond donors (Lipinski definition) is 2. The molecule has 0 aromatic carbocycles. The van der Waals surface area contributed by atoms with Crippen LogP contribution in [0.4, 0.5) is 0 Å². The Bertz CT molecular complexity index is 180. The van der Waals surface area contributed by atoms with Crippen LogP contribution < -0.4 is 5.73 Å². The zero-order valence-electron chi connectivity index (χ0n) is 7.95. The quantitative estimate of drug-likeness (QED) is 0.581. The zero-order valence-corrected chi connectivity index (χ0v) is 7.95. The summed E-state index contributed by atoms with van der Waals surface area (Å²) in [6.07, 6.45) is 3.19. The first-order valence-electron chi connectivity index (χ1n) is 4.52. The molecule has 0 saturated carbocycles. The van der Waals surface area contributed by atoms with Crippen LogP contribution in [0.1, 0.15) is 39.0 Å². The average molecular weight is 187 g/mol. The minimum atomic E-state index is -0.768. The molecular weight excluding hydrogens is 170 g/mol. The number of unbranched alkanes of at least 4 members (excludes halogenated alkanes) is 2. The van der Waals surface area contributed by atoms with Gasteiger partial charge in [0, 0.05) is 6.42 Å². The van der Waals surface area contributed by atoms with Crippen molar-refractivity contribution in [1.82, 2.24) is 0 Å². The molecule has 0 heterocycles. The van der Waals surface area contributed by atoms with E-state index >= 15 is 0 Å². The summed E-state index contributed by atoms with van der Waals surface area (Å²) in [5.41, 5.74) is 5.49. The number of hydrogen-bond acceptors (Lipinski definition) is 3. The predicted molar refractivity (Wildman–Crippen MR) is 49.4 cm³/mol. The Labute approximate surface area is 78.1 Å². The van der Waals surface area contributed by atoms with Crippen molar-refractivity contribution in [2.75, 3.05) is 0 Å². The van der Waals surface area contributed by atoms with E-state index in [0.29, 0.717) is 12.8 Å². The van der Waals surface area contributed by atoms with Crippen LogP contribution in [0.2, 0.25) is 0 Å². The summed E-state index contributed by atoms with van der Waals surface area (Å²) in [5, 5.41) is 8.33. The summed E-state index contributed by atoms with van der Waals surface area (Å²) in [5.74, 6) is -0.769. The molecule has 0 spiro atoms. The van der Waals surface area contributed by atoms with Crippen molar-refractivity contribution in [2.45, 2.75) is 45.1 Å². The molecular formula is C9H17NO3. The third kappa shape index (κ3) is 7.46. The minimum Gasteiger partial charge on any atom is -0.481 e. The maximum Gasteiger partial charge on any atom is 0.303 e. The first kappa shape index (κ1) is 12.1. The van der Waals surface area contributed by atoms with E-state index in [4.69, 9.17) is 10.8 Å². The summed E-state index contributed by atoms with van der Waals surface area (Å²) >= 11 is 0. The topological polar surface area (TPSA) is 80.4 Å². The molecule has 0 amide bonds. The highest BCUT2D eigenvalue weighted by Gasteiger charge is 2.06. The van der Waals surface area contributed by atoms with E-state index in [2.05, 4.69) is 0 Å². The second-order valence-corrected chi connectivity index (χ2v) is 3.21. The van der Waals surface area contributed by atoms with Gasteiger partial charge in [0.15, 0.2) is 0 Å². The van der Waals surface area contributed by atoms with Crippen molar-refractivity contribution < 1.29 is 14.7 Å². The van der Waals surface area contributed by atoms with Crippen molar-refractivity contribution in [3.63, 3.8) is 0 Å². The van der Waals surface area contributed by atoms with Gasteiger partial charge in [-0.25, -0.2) is 0 Å². The SMILES string of the molecule is CC(=O)C(N)CCCCCC(=O)O. The summed E-state index contributed by atoms with van der Waals surface area (Å²) in [7, 11) is 0. The van der Waals surface area contributed by atoms with Crippen LogP contribution in [0, 0.1) is 0 Å². The normalized spacial score (nSPS) is 12.5. The number of carbonyl (C=O) groups excluding carboxylic acids is 1. The van der Waals surface area contributed by atoms with Gasteiger partial charge < -0.3 is 10.8 Å². The lowest BCUT2D eigenvalue weighted by molar-refractivity contribution is -0.137. The Kier molecular flexibility index (Phi) is 6.14. The zero-order chi connectivity index (χ0) is 10.3. The second-order valence-electron chi connectivity index (χ2n) is 3.21. The number of rotatable bonds is 7. The lowest BCUT2D eigenvalue weighted by Gasteiger charge is -2.05. The molecule has 1 atom stereocenters. The molecule has 0 aliphatic heterocycles. The summed E-state index contributed by atoms with van der Waals surface area (Å²) in [6, 6.07) is -0.371. The molecule has 4 heteroatoms. The van der Waals surface area contributed by atoms with Crippen LogP contribution in [-0.2, 0) is 9.59 Å². The monoisotopic (exact) mass is 187 g/mol. The number of carbonyl (C=O) groups is 2. The van der Waals surface area contributed by atoms with Gasteiger partial charge in [-0.15, -0.1) is 0 Å². The molecule has 0 radical (unpaired) electrons. The smallest absolute Gasteiger partial charge is 0.303 e. The fourth-order valence-electron chi connectivity index (χ4n) is 1.02. The molecule has 0 aromatic heterocycles. The van der Waals surface area contributed by atoms with E-state index in [-0.39, 0.29) is 18.2 Å². The van der Waals surface area contributed by atoms with Crippen LogP contribution >= 0.6 is 0 Å². The van der Waals surface area contributed by atoms with Gasteiger partial charge in [-0.2, -0.15) is 0 Å².